The minimum atomic E-state index is -3.65. The maximum Gasteiger partial charge on any atom is 0.240 e. The molecule has 2 N–H and O–H groups in total. The predicted molar refractivity (Wildman–Crippen MR) is 77.9 cm³/mol. The van der Waals surface area contributed by atoms with Crippen molar-refractivity contribution < 1.29 is 23.0 Å². The summed E-state index contributed by atoms with van der Waals surface area (Å²) in [6.45, 7) is 2.66. The predicted octanol–water partition coefficient (Wildman–Crippen LogP) is 0.823. The Kier molecular flexibility index (Phi) is 4.88. The number of aryl methyl sites for hydroxylation is 1. The second-order valence-electron chi connectivity index (χ2n) is 5.29. The number of hydrogen-bond donors (Lipinski definition) is 2. The zero-order valence-corrected chi connectivity index (χ0v) is 13.1. The highest BCUT2D eigenvalue weighted by Crippen LogP contribution is 2.23. The summed E-state index contributed by atoms with van der Waals surface area (Å²) >= 11 is 0. The van der Waals surface area contributed by atoms with Gasteiger partial charge in [0.05, 0.1) is 17.6 Å². The maximum atomic E-state index is 12.3. The second-order valence-corrected chi connectivity index (χ2v) is 7.06. The van der Waals surface area contributed by atoms with Gasteiger partial charge < -0.3 is 14.6 Å². The molecule has 6 nitrogen and oxygen atoms in total. The highest BCUT2D eigenvalue weighted by atomic mass is 32.2. The lowest BCUT2D eigenvalue weighted by Crippen LogP contribution is -2.46. The van der Waals surface area contributed by atoms with E-state index in [0.717, 1.165) is 5.56 Å². The van der Waals surface area contributed by atoms with Gasteiger partial charge in [0.2, 0.25) is 10.0 Å². The number of nitrogens with one attached hydrogen (secondary N) is 1. The van der Waals surface area contributed by atoms with Crippen LogP contribution in [0.15, 0.2) is 23.1 Å². The maximum absolute atomic E-state index is 12.3. The van der Waals surface area contributed by atoms with Crippen LogP contribution in [0, 0.1) is 6.92 Å². The van der Waals surface area contributed by atoms with E-state index in [1.807, 2.05) is 0 Å². The Hall–Kier alpha value is -1.15. The molecule has 2 rings (SSSR count). The van der Waals surface area contributed by atoms with Gasteiger partial charge in [0, 0.05) is 32.6 Å². The molecule has 0 spiro atoms. The lowest BCUT2D eigenvalue weighted by Gasteiger charge is -2.31. The fourth-order valence-electron chi connectivity index (χ4n) is 2.26. The summed E-state index contributed by atoms with van der Waals surface area (Å²) in [5, 5.41) is 10.3. The average Bonchev–Trinajstić information content (AvgIpc) is 2.46. The molecule has 21 heavy (non-hydrogen) atoms. The minimum absolute atomic E-state index is 0.0101. The van der Waals surface area contributed by atoms with E-state index in [0.29, 0.717) is 31.8 Å². The van der Waals surface area contributed by atoms with Crippen LogP contribution in [0.5, 0.6) is 5.75 Å². The summed E-state index contributed by atoms with van der Waals surface area (Å²) in [4.78, 5) is 0.163. The van der Waals surface area contributed by atoms with Crippen LogP contribution in [0.3, 0.4) is 0 Å². The monoisotopic (exact) mass is 315 g/mol. The zero-order chi connectivity index (χ0) is 15.5. The van der Waals surface area contributed by atoms with E-state index in [1.54, 1.807) is 19.1 Å². The third-order valence-electron chi connectivity index (χ3n) is 3.69. The standard InChI is InChI=1S/C14H21NO5S/c1-11-9-12(3-4-13(11)19-2)21(17,18)15-10-14(16)5-7-20-8-6-14/h3-4,9,15-16H,5-8,10H2,1-2H3. The zero-order valence-electron chi connectivity index (χ0n) is 12.3. The van der Waals surface area contributed by atoms with Crippen molar-refractivity contribution in [3.05, 3.63) is 23.8 Å². The fourth-order valence-corrected chi connectivity index (χ4v) is 3.46. The normalized spacial score (nSPS) is 18.4. The molecular weight excluding hydrogens is 294 g/mol. The highest BCUT2D eigenvalue weighted by Gasteiger charge is 2.31. The van der Waals surface area contributed by atoms with Crippen LogP contribution in [-0.4, -0.2) is 46.0 Å². The minimum Gasteiger partial charge on any atom is -0.496 e. The first kappa shape index (κ1) is 16.2. The average molecular weight is 315 g/mol. The van der Waals surface area contributed by atoms with Crippen LogP contribution in [0.4, 0.5) is 0 Å². The largest absolute Gasteiger partial charge is 0.496 e. The van der Waals surface area contributed by atoms with Gasteiger partial charge >= 0.3 is 0 Å². The SMILES string of the molecule is COc1ccc(S(=O)(=O)NCC2(O)CCOCC2)cc1C. The lowest BCUT2D eigenvalue weighted by molar-refractivity contribution is -0.0588. The molecule has 0 aromatic heterocycles. The number of hydrogen-bond acceptors (Lipinski definition) is 5. The molecule has 0 amide bonds. The summed E-state index contributed by atoms with van der Waals surface area (Å²) in [6, 6.07) is 4.66. The van der Waals surface area contributed by atoms with Crippen LogP contribution < -0.4 is 9.46 Å². The highest BCUT2D eigenvalue weighted by molar-refractivity contribution is 7.89. The third-order valence-corrected chi connectivity index (χ3v) is 5.09. The van der Waals surface area contributed by atoms with Crippen molar-refractivity contribution >= 4 is 10.0 Å². The molecule has 1 aromatic carbocycles. The summed E-state index contributed by atoms with van der Waals surface area (Å²) in [5.74, 6) is 0.636. The molecule has 1 aliphatic rings. The van der Waals surface area contributed by atoms with E-state index >= 15 is 0 Å². The Morgan fingerprint density at radius 3 is 2.62 bits per heavy atom. The Morgan fingerprint density at radius 1 is 1.38 bits per heavy atom. The van der Waals surface area contributed by atoms with E-state index in [4.69, 9.17) is 9.47 Å². The number of ether oxygens (including phenoxy) is 2. The Labute approximate surface area is 125 Å². The van der Waals surface area contributed by atoms with Crippen LogP contribution >= 0.6 is 0 Å². The van der Waals surface area contributed by atoms with Gasteiger partial charge in [-0.25, -0.2) is 13.1 Å². The molecule has 118 valence electrons. The van der Waals surface area contributed by atoms with Crippen LogP contribution in [-0.2, 0) is 14.8 Å². The van der Waals surface area contributed by atoms with Crippen LogP contribution in [0.25, 0.3) is 0 Å². The first-order valence-corrected chi connectivity index (χ1v) is 8.29. The molecule has 0 unspecified atom stereocenters. The van der Waals surface area contributed by atoms with Gasteiger partial charge in [0.1, 0.15) is 5.75 Å². The van der Waals surface area contributed by atoms with Crippen molar-refractivity contribution in [3.63, 3.8) is 0 Å². The van der Waals surface area contributed by atoms with Crippen molar-refractivity contribution in [2.45, 2.75) is 30.3 Å². The van der Waals surface area contributed by atoms with Gasteiger partial charge in [-0.15, -0.1) is 0 Å². The number of aliphatic hydroxyl groups is 1. The van der Waals surface area contributed by atoms with Gasteiger partial charge in [0.15, 0.2) is 0 Å². The molecular formula is C14H21NO5S. The van der Waals surface area contributed by atoms with E-state index in [9.17, 15) is 13.5 Å². The van der Waals surface area contributed by atoms with E-state index in [1.165, 1.54) is 13.2 Å². The van der Waals surface area contributed by atoms with Gasteiger partial charge in [-0.05, 0) is 30.7 Å². The second kappa shape index (κ2) is 6.31. The summed E-state index contributed by atoms with van der Waals surface area (Å²) in [5.41, 5.74) is -0.294. The van der Waals surface area contributed by atoms with E-state index < -0.39 is 15.6 Å². The molecule has 1 aliphatic heterocycles. The number of sulfonamides is 1. The number of methoxy groups -OCH3 is 1. The third kappa shape index (κ3) is 3.94. The smallest absolute Gasteiger partial charge is 0.240 e. The summed E-state index contributed by atoms with van der Waals surface area (Å²) in [7, 11) is -2.11. The van der Waals surface area contributed by atoms with Crippen LogP contribution in [0.2, 0.25) is 0 Å². The first-order valence-electron chi connectivity index (χ1n) is 6.81. The summed E-state index contributed by atoms with van der Waals surface area (Å²) in [6.07, 6.45) is 0.855. The van der Waals surface area contributed by atoms with Crippen LogP contribution in [0.1, 0.15) is 18.4 Å². The van der Waals surface area contributed by atoms with Gasteiger partial charge in [-0.3, -0.25) is 0 Å². The molecule has 1 saturated heterocycles. The molecule has 0 radical (unpaired) electrons. The Morgan fingerprint density at radius 2 is 2.05 bits per heavy atom. The van der Waals surface area contributed by atoms with Crippen molar-refractivity contribution in [3.8, 4) is 5.75 Å². The first-order chi connectivity index (χ1) is 9.86. The van der Waals surface area contributed by atoms with Crippen molar-refractivity contribution in [1.29, 1.82) is 0 Å². The Bertz CT molecular complexity index is 593. The molecule has 7 heteroatoms. The molecule has 0 aliphatic carbocycles. The summed E-state index contributed by atoms with van der Waals surface area (Å²) < 4.78 is 37.3. The van der Waals surface area contributed by atoms with Gasteiger partial charge in [-0.1, -0.05) is 0 Å². The number of rotatable bonds is 5. The molecule has 1 heterocycles. The van der Waals surface area contributed by atoms with Gasteiger partial charge in [0.25, 0.3) is 0 Å². The lowest BCUT2D eigenvalue weighted by atomic mass is 9.95. The van der Waals surface area contributed by atoms with Crippen molar-refractivity contribution in [1.82, 2.24) is 4.72 Å². The van der Waals surface area contributed by atoms with Crippen molar-refractivity contribution in [2.75, 3.05) is 26.9 Å². The molecule has 1 fully saturated rings. The fraction of sp³-hybridized carbons (Fsp3) is 0.571. The molecule has 1 aromatic rings. The Balaban J connectivity index is 2.09. The molecule has 0 bridgehead atoms. The quantitative estimate of drug-likeness (QED) is 0.840. The molecule has 0 saturated carbocycles. The molecule has 0 atom stereocenters. The van der Waals surface area contributed by atoms with Crippen molar-refractivity contribution in [2.24, 2.45) is 0 Å². The topological polar surface area (TPSA) is 84.9 Å². The van der Waals surface area contributed by atoms with E-state index in [2.05, 4.69) is 4.72 Å². The van der Waals surface area contributed by atoms with E-state index in [-0.39, 0.29) is 11.4 Å². The van der Waals surface area contributed by atoms with Gasteiger partial charge in [-0.2, -0.15) is 0 Å². The number of benzene rings is 1.